The molecule has 1 N–H and O–H groups in total. The summed E-state index contributed by atoms with van der Waals surface area (Å²) in [5.41, 5.74) is 1.36. The fraction of sp³-hybridized carbons (Fsp3) is 0.0625. The summed E-state index contributed by atoms with van der Waals surface area (Å²) in [6.07, 6.45) is 2.27. The highest BCUT2D eigenvalue weighted by Gasteiger charge is 2.04. The maximum absolute atomic E-state index is 13.5. The molecule has 2 rings (SSSR count). The third-order valence-electron chi connectivity index (χ3n) is 2.63. The van der Waals surface area contributed by atoms with E-state index < -0.39 is 11.8 Å². The van der Waals surface area contributed by atoms with E-state index in [1.807, 2.05) is 25.1 Å². The molecule has 0 radical (unpaired) electrons. The highest BCUT2D eigenvalue weighted by Crippen LogP contribution is 2.26. The van der Waals surface area contributed by atoms with Gasteiger partial charge in [0, 0.05) is 12.1 Å². The van der Waals surface area contributed by atoms with Crippen LogP contribution in [-0.4, -0.2) is 11.1 Å². The Hall–Kier alpha value is -2.62. The maximum Gasteiger partial charge on any atom is 0.328 e. The number of aliphatic carboxylic acids is 1. The van der Waals surface area contributed by atoms with Crippen molar-refractivity contribution in [3.63, 3.8) is 0 Å². The van der Waals surface area contributed by atoms with E-state index in [-0.39, 0.29) is 0 Å². The lowest BCUT2D eigenvalue weighted by molar-refractivity contribution is -0.131. The van der Waals surface area contributed by atoms with Crippen LogP contribution in [0.4, 0.5) is 4.39 Å². The van der Waals surface area contributed by atoms with Crippen molar-refractivity contribution in [2.45, 2.75) is 6.92 Å². The summed E-state index contributed by atoms with van der Waals surface area (Å²) < 4.78 is 19.1. The molecule has 4 heteroatoms. The number of carboxylic acids is 1. The quantitative estimate of drug-likeness (QED) is 0.855. The number of hydrogen-bond donors (Lipinski definition) is 1. The van der Waals surface area contributed by atoms with E-state index >= 15 is 0 Å². The molecule has 0 aliphatic rings. The molecular formula is C16H13FO3. The summed E-state index contributed by atoms with van der Waals surface area (Å²) in [6, 6.07) is 11.5. The third-order valence-corrected chi connectivity index (χ3v) is 2.63. The van der Waals surface area contributed by atoms with Gasteiger partial charge < -0.3 is 9.84 Å². The number of halogens is 1. The van der Waals surface area contributed by atoms with Crippen molar-refractivity contribution >= 4 is 12.0 Å². The molecule has 0 saturated heterocycles. The fourth-order valence-electron chi connectivity index (χ4n) is 1.70. The van der Waals surface area contributed by atoms with Gasteiger partial charge in [0.05, 0.1) is 0 Å². The van der Waals surface area contributed by atoms with Gasteiger partial charge in [-0.3, -0.25) is 0 Å². The van der Waals surface area contributed by atoms with Gasteiger partial charge in [-0.2, -0.15) is 0 Å². The summed E-state index contributed by atoms with van der Waals surface area (Å²) in [5, 5.41) is 8.57. The van der Waals surface area contributed by atoms with Crippen molar-refractivity contribution in [2.24, 2.45) is 0 Å². The van der Waals surface area contributed by atoms with Gasteiger partial charge in [-0.1, -0.05) is 18.2 Å². The van der Waals surface area contributed by atoms with Crippen LogP contribution in [0.25, 0.3) is 6.08 Å². The molecule has 3 nitrogen and oxygen atoms in total. The van der Waals surface area contributed by atoms with Crippen LogP contribution in [0.15, 0.2) is 48.5 Å². The lowest BCUT2D eigenvalue weighted by atomic mass is 10.2. The molecule has 0 aliphatic heterocycles. The Morgan fingerprint density at radius 1 is 1.25 bits per heavy atom. The van der Waals surface area contributed by atoms with Crippen LogP contribution in [0.2, 0.25) is 0 Å². The zero-order valence-electron chi connectivity index (χ0n) is 10.8. The molecule has 0 saturated carbocycles. The smallest absolute Gasteiger partial charge is 0.328 e. The molecule has 0 fully saturated rings. The number of carbonyl (C=O) groups is 1. The predicted molar refractivity (Wildman–Crippen MR) is 74.3 cm³/mol. The first-order chi connectivity index (χ1) is 9.54. The third kappa shape index (κ3) is 3.68. The van der Waals surface area contributed by atoms with Crippen LogP contribution in [0.1, 0.15) is 11.1 Å². The van der Waals surface area contributed by atoms with Crippen LogP contribution >= 0.6 is 0 Å². The Labute approximate surface area is 115 Å². The molecular weight excluding hydrogens is 259 g/mol. The van der Waals surface area contributed by atoms with E-state index in [0.29, 0.717) is 17.1 Å². The van der Waals surface area contributed by atoms with Crippen molar-refractivity contribution in [3.8, 4) is 11.5 Å². The Balaban J connectivity index is 2.29. The number of ether oxygens (including phenoxy) is 1. The van der Waals surface area contributed by atoms with Crippen LogP contribution in [0.3, 0.4) is 0 Å². The highest BCUT2D eigenvalue weighted by molar-refractivity contribution is 5.85. The molecule has 0 amide bonds. The second-order valence-electron chi connectivity index (χ2n) is 4.26. The minimum atomic E-state index is -1.09. The summed E-state index contributed by atoms with van der Waals surface area (Å²) in [6.45, 7) is 1.89. The normalized spacial score (nSPS) is 10.7. The topological polar surface area (TPSA) is 46.5 Å². The summed E-state index contributed by atoms with van der Waals surface area (Å²) in [7, 11) is 0. The molecule has 2 aromatic carbocycles. The Morgan fingerprint density at radius 2 is 2.00 bits per heavy atom. The molecule has 0 aliphatic carbocycles. The zero-order valence-corrected chi connectivity index (χ0v) is 10.8. The van der Waals surface area contributed by atoms with Gasteiger partial charge in [-0.25, -0.2) is 9.18 Å². The van der Waals surface area contributed by atoms with Crippen molar-refractivity contribution in [2.75, 3.05) is 0 Å². The number of hydrogen-bond acceptors (Lipinski definition) is 2. The SMILES string of the molecule is Cc1ccccc1Oc1cc(F)cc(/C=C/C(=O)O)c1. The number of carboxylic acid groups (broad SMARTS) is 1. The van der Waals surface area contributed by atoms with E-state index in [1.54, 1.807) is 12.1 Å². The average molecular weight is 272 g/mol. The zero-order chi connectivity index (χ0) is 14.5. The van der Waals surface area contributed by atoms with E-state index in [0.717, 1.165) is 11.6 Å². The summed E-state index contributed by atoms with van der Waals surface area (Å²) in [4.78, 5) is 10.5. The molecule has 2 aromatic rings. The molecule has 0 aromatic heterocycles. The Bertz CT molecular complexity index is 663. The molecule has 102 valence electrons. The molecule has 20 heavy (non-hydrogen) atoms. The summed E-state index contributed by atoms with van der Waals surface area (Å²) in [5.74, 6) is -0.618. The first-order valence-electron chi connectivity index (χ1n) is 6.00. The number of benzene rings is 2. The van der Waals surface area contributed by atoms with Crippen molar-refractivity contribution < 1.29 is 19.0 Å². The van der Waals surface area contributed by atoms with E-state index in [1.165, 1.54) is 18.2 Å². The second kappa shape index (κ2) is 6.02. The minimum absolute atomic E-state index is 0.323. The highest BCUT2D eigenvalue weighted by atomic mass is 19.1. The van der Waals surface area contributed by atoms with Gasteiger partial charge in [-0.05, 0) is 42.3 Å². The van der Waals surface area contributed by atoms with Crippen molar-refractivity contribution in [1.82, 2.24) is 0 Å². The molecule has 0 heterocycles. The average Bonchev–Trinajstić information content (AvgIpc) is 2.38. The molecule has 0 spiro atoms. The maximum atomic E-state index is 13.5. The van der Waals surface area contributed by atoms with Gasteiger partial charge in [0.15, 0.2) is 0 Å². The fourth-order valence-corrected chi connectivity index (χ4v) is 1.70. The Morgan fingerprint density at radius 3 is 2.70 bits per heavy atom. The first kappa shape index (κ1) is 13.8. The monoisotopic (exact) mass is 272 g/mol. The lowest BCUT2D eigenvalue weighted by Crippen LogP contribution is -1.90. The Kier molecular flexibility index (Phi) is 4.15. The van der Waals surface area contributed by atoms with Gasteiger partial charge in [0.1, 0.15) is 17.3 Å². The van der Waals surface area contributed by atoms with E-state index in [2.05, 4.69) is 0 Å². The van der Waals surface area contributed by atoms with Crippen LogP contribution in [0.5, 0.6) is 11.5 Å². The number of para-hydroxylation sites is 1. The summed E-state index contributed by atoms with van der Waals surface area (Å²) >= 11 is 0. The molecule has 0 unspecified atom stereocenters. The van der Waals surface area contributed by atoms with Crippen LogP contribution in [0, 0.1) is 12.7 Å². The van der Waals surface area contributed by atoms with Gasteiger partial charge in [0.25, 0.3) is 0 Å². The van der Waals surface area contributed by atoms with Crippen LogP contribution in [-0.2, 0) is 4.79 Å². The lowest BCUT2D eigenvalue weighted by Gasteiger charge is -2.09. The standard InChI is InChI=1S/C16H13FO3/c1-11-4-2-3-5-15(11)20-14-9-12(6-7-16(18)19)8-13(17)10-14/h2-10H,1H3,(H,18,19)/b7-6+. The van der Waals surface area contributed by atoms with Crippen molar-refractivity contribution in [3.05, 3.63) is 65.5 Å². The second-order valence-corrected chi connectivity index (χ2v) is 4.26. The largest absolute Gasteiger partial charge is 0.478 e. The predicted octanol–water partition coefficient (Wildman–Crippen LogP) is 4.02. The molecule has 0 atom stereocenters. The number of aryl methyl sites for hydroxylation is 1. The van der Waals surface area contributed by atoms with Gasteiger partial charge in [-0.15, -0.1) is 0 Å². The minimum Gasteiger partial charge on any atom is -0.478 e. The van der Waals surface area contributed by atoms with E-state index in [9.17, 15) is 9.18 Å². The molecule has 0 bridgehead atoms. The van der Waals surface area contributed by atoms with Crippen molar-refractivity contribution in [1.29, 1.82) is 0 Å². The van der Waals surface area contributed by atoms with E-state index in [4.69, 9.17) is 9.84 Å². The van der Waals surface area contributed by atoms with Gasteiger partial charge in [0.2, 0.25) is 0 Å². The first-order valence-corrected chi connectivity index (χ1v) is 6.00. The van der Waals surface area contributed by atoms with Gasteiger partial charge >= 0.3 is 5.97 Å². The number of rotatable bonds is 4. The van der Waals surface area contributed by atoms with Crippen LogP contribution < -0.4 is 4.74 Å².